The third kappa shape index (κ3) is 2.27. The Hall–Kier alpha value is 0.640. The molecule has 0 amide bonds. The summed E-state index contributed by atoms with van der Waals surface area (Å²) in [6, 6.07) is 0. The Kier molecular flexibility index (Phi) is 2.28. The van der Waals surface area contributed by atoms with E-state index in [1.54, 1.807) is 0 Å². The molecule has 0 atom stereocenters. The molecule has 0 saturated heterocycles. The van der Waals surface area contributed by atoms with E-state index in [1.165, 1.54) is 0 Å². The van der Waals surface area contributed by atoms with Crippen LogP contribution in [-0.4, -0.2) is 17.3 Å². The molecule has 0 fully saturated rings. The van der Waals surface area contributed by atoms with E-state index in [0.29, 0.717) is 0 Å². The molecule has 0 nitrogen and oxygen atoms in total. The van der Waals surface area contributed by atoms with Gasteiger partial charge >= 0.3 is 0 Å². The van der Waals surface area contributed by atoms with Gasteiger partial charge in [-0.2, -0.15) is 9.24 Å². The quantitative estimate of drug-likeness (QED) is 0.503. The molecule has 8 heavy (non-hydrogen) atoms. The zero-order valence-electron chi connectivity index (χ0n) is 6.29. The standard InChI is InChI=1S/C6H15ClS/c1-6(2,3)8(4,5)7/h1-5H3. The lowest BCUT2D eigenvalue weighted by Crippen LogP contribution is -2.18. The smallest absolute Gasteiger partial charge is 0.00369 e. The topological polar surface area (TPSA) is 0 Å². The van der Waals surface area contributed by atoms with Crippen LogP contribution in [0.15, 0.2) is 0 Å². The SMILES string of the molecule is CC(C)(C)S(C)(C)Cl. The van der Waals surface area contributed by atoms with Crippen LogP contribution in [0.5, 0.6) is 0 Å². The highest BCUT2D eigenvalue weighted by Crippen LogP contribution is 2.56. The molecule has 0 heterocycles. The van der Waals surface area contributed by atoms with Crippen LogP contribution in [0.3, 0.4) is 0 Å². The third-order valence-electron chi connectivity index (χ3n) is 1.46. The summed E-state index contributed by atoms with van der Waals surface area (Å²) >= 11 is 0. The Morgan fingerprint density at radius 3 is 1.25 bits per heavy atom. The minimum Gasteiger partial charge on any atom is -0.164 e. The van der Waals surface area contributed by atoms with Gasteiger partial charge in [-0.25, -0.2) is 0 Å². The predicted octanol–water partition coefficient (Wildman–Crippen LogP) is 3.00. The first-order valence-electron chi connectivity index (χ1n) is 2.67. The van der Waals surface area contributed by atoms with Crippen molar-refractivity contribution in [2.45, 2.75) is 25.5 Å². The van der Waals surface area contributed by atoms with Crippen molar-refractivity contribution in [3.05, 3.63) is 0 Å². The largest absolute Gasteiger partial charge is 0.164 e. The van der Waals surface area contributed by atoms with Crippen molar-refractivity contribution >= 4 is 19.9 Å². The third-order valence-corrected chi connectivity index (χ3v) is 5.76. The molecule has 52 valence electrons. The monoisotopic (exact) mass is 154 g/mol. The van der Waals surface area contributed by atoms with Gasteiger partial charge in [-0.3, -0.25) is 0 Å². The highest BCUT2D eigenvalue weighted by molar-refractivity contribution is 8.51. The van der Waals surface area contributed by atoms with Crippen LogP contribution in [0.25, 0.3) is 0 Å². The van der Waals surface area contributed by atoms with Gasteiger partial charge in [0.2, 0.25) is 0 Å². The van der Waals surface area contributed by atoms with Crippen LogP contribution in [0, 0.1) is 0 Å². The molecule has 0 unspecified atom stereocenters. The second-order valence-electron chi connectivity index (χ2n) is 3.31. The minimum absolute atomic E-state index is 0.286. The van der Waals surface area contributed by atoms with E-state index in [0.717, 1.165) is 0 Å². The van der Waals surface area contributed by atoms with Crippen molar-refractivity contribution < 1.29 is 0 Å². The lowest BCUT2D eigenvalue weighted by atomic mass is 10.3. The Morgan fingerprint density at radius 1 is 1.12 bits per heavy atom. The molecular weight excluding hydrogens is 140 g/mol. The summed E-state index contributed by atoms with van der Waals surface area (Å²) < 4.78 is 0.286. The van der Waals surface area contributed by atoms with Gasteiger partial charge in [-0.05, 0) is 12.5 Å². The van der Waals surface area contributed by atoms with Crippen molar-refractivity contribution in [3.8, 4) is 0 Å². The molecule has 0 radical (unpaired) electrons. The summed E-state index contributed by atoms with van der Waals surface area (Å²) in [5.74, 6) is 0. The molecule has 0 saturated carbocycles. The van der Waals surface area contributed by atoms with Crippen molar-refractivity contribution in [3.63, 3.8) is 0 Å². The first kappa shape index (κ1) is 8.64. The van der Waals surface area contributed by atoms with E-state index in [-0.39, 0.29) is 4.75 Å². The van der Waals surface area contributed by atoms with Crippen molar-refractivity contribution in [1.82, 2.24) is 0 Å². The second kappa shape index (κ2) is 2.11. The molecule has 0 spiro atoms. The minimum atomic E-state index is -0.868. The predicted molar refractivity (Wildman–Crippen MR) is 45.0 cm³/mol. The molecule has 0 rings (SSSR count). The number of hydrogen-bond acceptors (Lipinski definition) is 0. The van der Waals surface area contributed by atoms with Crippen LogP contribution in [0.4, 0.5) is 0 Å². The lowest BCUT2D eigenvalue weighted by molar-refractivity contribution is 0.796. The molecule has 0 N–H and O–H groups in total. The van der Waals surface area contributed by atoms with Crippen molar-refractivity contribution in [1.29, 1.82) is 0 Å². The first-order valence-corrected chi connectivity index (χ1v) is 5.95. The normalized spacial score (nSPS) is 16.2. The Labute approximate surface area is 58.4 Å². The molecule has 0 aromatic heterocycles. The van der Waals surface area contributed by atoms with Gasteiger partial charge in [0.25, 0.3) is 0 Å². The zero-order valence-corrected chi connectivity index (χ0v) is 7.86. The summed E-state index contributed by atoms with van der Waals surface area (Å²) in [5.41, 5.74) is 0. The maximum atomic E-state index is 6.09. The van der Waals surface area contributed by atoms with Gasteiger partial charge in [0.05, 0.1) is 0 Å². The average Bonchev–Trinajstić information content (AvgIpc) is 1.25. The van der Waals surface area contributed by atoms with Gasteiger partial charge in [0, 0.05) is 4.75 Å². The average molecular weight is 155 g/mol. The molecule has 0 aliphatic carbocycles. The summed E-state index contributed by atoms with van der Waals surface area (Å²) in [5, 5.41) is 0. The highest BCUT2D eigenvalue weighted by atomic mass is 35.7. The van der Waals surface area contributed by atoms with E-state index in [9.17, 15) is 0 Å². The Morgan fingerprint density at radius 2 is 1.25 bits per heavy atom. The lowest BCUT2D eigenvalue weighted by Gasteiger charge is -2.37. The Balaban J connectivity index is 4.02. The van der Waals surface area contributed by atoms with Crippen LogP contribution >= 0.6 is 19.9 Å². The van der Waals surface area contributed by atoms with Crippen molar-refractivity contribution in [2.75, 3.05) is 12.5 Å². The van der Waals surface area contributed by atoms with Gasteiger partial charge in [-0.1, -0.05) is 31.5 Å². The summed E-state index contributed by atoms with van der Waals surface area (Å²) in [6.45, 7) is 6.53. The van der Waals surface area contributed by atoms with Gasteiger partial charge in [-0.15, -0.1) is 0 Å². The van der Waals surface area contributed by atoms with E-state index in [4.69, 9.17) is 10.7 Å². The molecule has 2 heteroatoms. The molecule has 0 aromatic rings. The number of hydrogen-bond donors (Lipinski definition) is 0. The van der Waals surface area contributed by atoms with E-state index >= 15 is 0 Å². The number of rotatable bonds is 0. The van der Waals surface area contributed by atoms with Crippen molar-refractivity contribution in [2.24, 2.45) is 0 Å². The zero-order chi connectivity index (χ0) is 7.00. The second-order valence-corrected chi connectivity index (χ2v) is 9.26. The van der Waals surface area contributed by atoms with Crippen LogP contribution in [0.2, 0.25) is 0 Å². The summed E-state index contributed by atoms with van der Waals surface area (Å²) in [6.07, 6.45) is 4.24. The van der Waals surface area contributed by atoms with Gasteiger partial charge < -0.3 is 0 Å². The van der Waals surface area contributed by atoms with Gasteiger partial charge in [0.15, 0.2) is 0 Å². The van der Waals surface area contributed by atoms with E-state index in [1.807, 2.05) is 0 Å². The van der Waals surface area contributed by atoms with Crippen LogP contribution in [0.1, 0.15) is 20.8 Å². The fraction of sp³-hybridized carbons (Fsp3) is 1.00. The first-order chi connectivity index (χ1) is 3.25. The maximum Gasteiger partial charge on any atom is 0.00369 e. The Bertz CT molecular complexity index is 63.5. The summed E-state index contributed by atoms with van der Waals surface area (Å²) in [4.78, 5) is 0. The molecule has 0 aliphatic heterocycles. The van der Waals surface area contributed by atoms with Gasteiger partial charge in [0.1, 0.15) is 0 Å². The highest BCUT2D eigenvalue weighted by Gasteiger charge is 2.24. The van der Waals surface area contributed by atoms with Crippen LogP contribution < -0.4 is 0 Å². The molecular formula is C6H15ClS. The fourth-order valence-electron chi connectivity index (χ4n) is 0. The van der Waals surface area contributed by atoms with E-state index in [2.05, 4.69) is 33.3 Å². The number of halogens is 1. The van der Waals surface area contributed by atoms with Crippen LogP contribution in [-0.2, 0) is 0 Å². The molecule has 0 bridgehead atoms. The maximum absolute atomic E-state index is 6.09. The summed E-state index contributed by atoms with van der Waals surface area (Å²) in [7, 11) is 5.22. The van der Waals surface area contributed by atoms with E-state index < -0.39 is 9.24 Å². The fourth-order valence-corrected chi connectivity index (χ4v) is 0. The molecule has 0 aliphatic rings. The molecule has 0 aromatic carbocycles.